The quantitative estimate of drug-likeness (QED) is 0.565. The van der Waals surface area contributed by atoms with Crippen molar-refractivity contribution in [1.82, 2.24) is 14.7 Å². The molecule has 1 aromatic heterocycles. The van der Waals surface area contributed by atoms with Gasteiger partial charge < -0.3 is 11.1 Å². The van der Waals surface area contributed by atoms with E-state index in [-0.39, 0.29) is 35.7 Å². The lowest BCUT2D eigenvalue weighted by molar-refractivity contribution is -0.141. The summed E-state index contributed by atoms with van der Waals surface area (Å²) < 4.78 is 43.0. The number of primary amides is 1. The van der Waals surface area contributed by atoms with E-state index in [9.17, 15) is 22.8 Å². The second-order valence-electron chi connectivity index (χ2n) is 11.6. The van der Waals surface area contributed by atoms with Gasteiger partial charge in [-0.15, -0.1) is 0 Å². The highest BCUT2D eigenvalue weighted by atomic mass is 19.4. The number of fused-ring (bicyclic) bond motifs is 1. The Hall–Kier alpha value is -2.88. The first-order chi connectivity index (χ1) is 17.4. The average molecular weight is 518 g/mol. The van der Waals surface area contributed by atoms with Gasteiger partial charge in [-0.2, -0.15) is 18.3 Å². The lowest BCUT2D eigenvalue weighted by Crippen LogP contribution is -2.48. The van der Waals surface area contributed by atoms with Gasteiger partial charge in [-0.25, -0.2) is 4.68 Å². The molecule has 3 N–H and O–H groups in total. The molecular weight excluding hydrogens is 483 g/mol. The van der Waals surface area contributed by atoms with E-state index >= 15 is 0 Å². The minimum absolute atomic E-state index is 0.0276. The largest absolute Gasteiger partial charge is 0.435 e. The van der Waals surface area contributed by atoms with Crippen LogP contribution < -0.4 is 11.1 Å². The van der Waals surface area contributed by atoms with Crippen LogP contribution in [0.25, 0.3) is 5.69 Å². The van der Waals surface area contributed by atoms with Gasteiger partial charge in [0.1, 0.15) is 0 Å². The smallest absolute Gasteiger partial charge is 0.380 e. The van der Waals surface area contributed by atoms with Crippen LogP contribution >= 0.6 is 0 Å². The molecule has 0 aliphatic heterocycles. The molecule has 0 saturated heterocycles. The van der Waals surface area contributed by atoms with E-state index in [1.807, 2.05) is 13.8 Å². The molecule has 0 radical (unpaired) electrons. The van der Waals surface area contributed by atoms with Crippen LogP contribution in [0, 0.1) is 5.41 Å². The number of aromatic nitrogens is 2. The van der Waals surface area contributed by atoms with Crippen LogP contribution in [0.1, 0.15) is 90.9 Å². The van der Waals surface area contributed by atoms with Gasteiger partial charge in [-0.3, -0.25) is 14.5 Å². The maximum absolute atomic E-state index is 13.9. The molecule has 200 valence electrons. The van der Waals surface area contributed by atoms with Gasteiger partial charge in [0.05, 0.1) is 22.5 Å². The molecule has 2 aromatic rings. The molecule has 7 nitrogen and oxygen atoms in total. The van der Waals surface area contributed by atoms with E-state index in [1.54, 1.807) is 12.1 Å². The summed E-state index contributed by atoms with van der Waals surface area (Å²) in [5.74, 6) is -1.17. The number of ketones is 1. The molecule has 1 amide bonds. The van der Waals surface area contributed by atoms with Crippen LogP contribution in [0.15, 0.2) is 18.2 Å². The Bertz CT molecular complexity index is 1230. The number of alkyl halides is 3. The summed E-state index contributed by atoms with van der Waals surface area (Å²) in [7, 11) is 2.14. The van der Waals surface area contributed by atoms with E-state index < -0.39 is 29.0 Å². The molecular formula is C27H34F3N5O2. The Balaban J connectivity index is 1.57. The first-order valence-corrected chi connectivity index (χ1v) is 13.0. The fraction of sp³-hybridized carbons (Fsp3) is 0.593. The molecule has 2 atom stereocenters. The number of amides is 1. The molecule has 2 unspecified atom stereocenters. The lowest BCUT2D eigenvalue weighted by Gasteiger charge is -2.39. The van der Waals surface area contributed by atoms with E-state index in [0.29, 0.717) is 23.5 Å². The number of nitrogens with zero attached hydrogens (tertiary/aromatic N) is 3. The zero-order valence-electron chi connectivity index (χ0n) is 21.5. The van der Waals surface area contributed by atoms with Crippen LogP contribution in [-0.2, 0) is 12.6 Å². The number of likely N-dealkylation sites (N-methyl/N-ethyl adjacent to an activating group) is 1. The van der Waals surface area contributed by atoms with Crippen molar-refractivity contribution in [3.63, 3.8) is 0 Å². The molecule has 2 fully saturated rings. The standard InChI is InChI=1S/C27H34F3N5O2/c1-26(2)13-21-23(22(36)14-26)24(27(28,29)30)33-35(21)16-10-11-17(25(31)37)19(12-16)32-18-6-4-5-7-20(18)34(3)15-8-9-15/h10-12,15,18,20,32H,4-9,13-14H2,1-3H3,(H2,31,37). The highest BCUT2D eigenvalue weighted by Crippen LogP contribution is 2.42. The minimum Gasteiger partial charge on any atom is -0.380 e. The van der Waals surface area contributed by atoms with Crippen molar-refractivity contribution >= 4 is 17.4 Å². The number of benzene rings is 1. The van der Waals surface area contributed by atoms with Gasteiger partial charge in [0, 0.05) is 30.2 Å². The Morgan fingerprint density at radius 2 is 1.86 bits per heavy atom. The minimum atomic E-state index is -4.76. The Morgan fingerprint density at radius 1 is 1.16 bits per heavy atom. The van der Waals surface area contributed by atoms with Gasteiger partial charge in [-0.1, -0.05) is 26.7 Å². The number of hydrogen-bond donors (Lipinski definition) is 2. The van der Waals surface area contributed by atoms with Crippen LogP contribution in [0.5, 0.6) is 0 Å². The molecule has 1 heterocycles. The summed E-state index contributed by atoms with van der Waals surface area (Å²) in [4.78, 5) is 27.5. The first-order valence-electron chi connectivity index (χ1n) is 13.0. The van der Waals surface area contributed by atoms with Crippen molar-refractivity contribution in [3.8, 4) is 5.69 Å². The molecule has 3 aliphatic rings. The molecule has 10 heteroatoms. The molecule has 5 rings (SSSR count). The fourth-order valence-electron chi connectivity index (χ4n) is 6.08. The van der Waals surface area contributed by atoms with Crippen molar-refractivity contribution in [2.45, 2.75) is 89.5 Å². The van der Waals surface area contributed by atoms with Crippen LogP contribution in [0.2, 0.25) is 0 Å². The SMILES string of the molecule is CN(C1CC1)C1CCCCC1Nc1cc(-n2nc(C(F)(F)F)c3c2CC(C)(C)CC3=O)ccc1C(N)=O. The van der Waals surface area contributed by atoms with Crippen molar-refractivity contribution in [2.24, 2.45) is 11.1 Å². The third-order valence-corrected chi connectivity index (χ3v) is 8.04. The maximum atomic E-state index is 13.9. The number of hydrogen-bond acceptors (Lipinski definition) is 5. The normalized spacial score (nSPS) is 23.7. The van der Waals surface area contributed by atoms with Gasteiger partial charge in [0.15, 0.2) is 11.5 Å². The van der Waals surface area contributed by atoms with Crippen LogP contribution in [-0.4, -0.2) is 51.5 Å². The number of Topliss-reactive ketones (excluding diaryl/α,β-unsaturated/α-hetero) is 1. The number of anilines is 1. The highest BCUT2D eigenvalue weighted by molar-refractivity contribution is 6.00. The summed E-state index contributed by atoms with van der Waals surface area (Å²) in [6, 6.07) is 5.65. The van der Waals surface area contributed by atoms with E-state index in [4.69, 9.17) is 5.73 Å². The average Bonchev–Trinajstić information content (AvgIpc) is 3.58. The first kappa shape index (κ1) is 25.8. The number of carbonyl (C=O) groups is 2. The van der Waals surface area contributed by atoms with Gasteiger partial charge >= 0.3 is 6.18 Å². The molecule has 3 aliphatic carbocycles. The predicted molar refractivity (Wildman–Crippen MR) is 134 cm³/mol. The van der Waals surface area contributed by atoms with E-state index in [0.717, 1.165) is 25.7 Å². The van der Waals surface area contributed by atoms with Crippen molar-refractivity contribution in [1.29, 1.82) is 0 Å². The number of nitrogens with one attached hydrogen (secondary N) is 1. The van der Waals surface area contributed by atoms with Crippen LogP contribution in [0.4, 0.5) is 18.9 Å². The Morgan fingerprint density at radius 3 is 2.51 bits per heavy atom. The number of halogens is 3. The molecule has 2 saturated carbocycles. The summed E-state index contributed by atoms with van der Waals surface area (Å²) in [6.07, 6.45) is 2.05. The number of nitrogens with two attached hydrogens (primary N) is 1. The summed E-state index contributed by atoms with van der Waals surface area (Å²) in [5, 5.41) is 7.43. The van der Waals surface area contributed by atoms with Crippen molar-refractivity contribution in [2.75, 3.05) is 12.4 Å². The van der Waals surface area contributed by atoms with Crippen molar-refractivity contribution < 1.29 is 22.8 Å². The Labute approximate surface area is 214 Å². The number of carbonyl (C=O) groups excluding carboxylic acids is 2. The van der Waals surface area contributed by atoms with E-state index in [2.05, 4.69) is 22.4 Å². The van der Waals surface area contributed by atoms with Crippen molar-refractivity contribution in [3.05, 3.63) is 40.7 Å². The fourth-order valence-corrected chi connectivity index (χ4v) is 6.08. The third-order valence-electron chi connectivity index (χ3n) is 8.04. The zero-order valence-corrected chi connectivity index (χ0v) is 21.5. The zero-order chi connectivity index (χ0) is 26.7. The second-order valence-corrected chi connectivity index (χ2v) is 11.6. The highest BCUT2D eigenvalue weighted by Gasteiger charge is 2.45. The van der Waals surface area contributed by atoms with E-state index in [1.165, 1.54) is 23.6 Å². The molecule has 1 aromatic carbocycles. The van der Waals surface area contributed by atoms with Gasteiger partial charge in [0.2, 0.25) is 0 Å². The molecule has 0 bridgehead atoms. The second kappa shape index (κ2) is 9.15. The van der Waals surface area contributed by atoms with Gasteiger partial charge in [0.25, 0.3) is 5.91 Å². The predicted octanol–water partition coefficient (Wildman–Crippen LogP) is 4.96. The maximum Gasteiger partial charge on any atom is 0.435 e. The van der Waals surface area contributed by atoms with Gasteiger partial charge in [-0.05, 0) is 62.8 Å². The summed E-state index contributed by atoms with van der Waals surface area (Å²) >= 11 is 0. The monoisotopic (exact) mass is 517 g/mol. The molecule has 37 heavy (non-hydrogen) atoms. The summed E-state index contributed by atoms with van der Waals surface area (Å²) in [5.41, 5.74) is 5.03. The third kappa shape index (κ3) is 5.00. The molecule has 0 spiro atoms. The lowest BCUT2D eigenvalue weighted by atomic mass is 9.75. The topological polar surface area (TPSA) is 93.2 Å². The Kier molecular flexibility index (Phi) is 6.37. The summed E-state index contributed by atoms with van der Waals surface area (Å²) in [6.45, 7) is 3.72. The van der Waals surface area contributed by atoms with Crippen LogP contribution in [0.3, 0.4) is 0 Å². The number of rotatable bonds is 6.